The number of hydrogen-bond acceptors (Lipinski definition) is 1. The summed E-state index contributed by atoms with van der Waals surface area (Å²) in [6.45, 7) is 2.14. The highest BCUT2D eigenvalue weighted by atomic mass is 79.9. The third-order valence-corrected chi connectivity index (χ3v) is 4.46. The van der Waals surface area contributed by atoms with Crippen LogP contribution in [-0.4, -0.2) is 7.11 Å². The van der Waals surface area contributed by atoms with E-state index in [0.29, 0.717) is 4.83 Å². The molecule has 2 aromatic carbocycles. The van der Waals surface area contributed by atoms with Crippen molar-refractivity contribution in [3.05, 3.63) is 63.6 Å². The highest BCUT2D eigenvalue weighted by molar-refractivity contribution is 9.10. The Morgan fingerprint density at radius 3 is 2.42 bits per heavy atom. The van der Waals surface area contributed by atoms with Crippen molar-refractivity contribution >= 4 is 31.9 Å². The molecule has 0 aliphatic heterocycles. The van der Waals surface area contributed by atoms with Crippen LogP contribution in [0.3, 0.4) is 0 Å². The molecule has 100 valence electrons. The van der Waals surface area contributed by atoms with Crippen LogP contribution in [0.1, 0.15) is 21.5 Å². The molecule has 0 radical (unpaired) electrons. The normalized spacial score (nSPS) is 12.2. The van der Waals surface area contributed by atoms with Gasteiger partial charge in [-0.05, 0) is 54.3 Å². The average molecular weight is 384 g/mol. The van der Waals surface area contributed by atoms with Crippen molar-refractivity contribution in [3.8, 4) is 5.75 Å². The zero-order valence-electron chi connectivity index (χ0n) is 11.0. The highest BCUT2D eigenvalue weighted by Gasteiger charge is 2.11. The first kappa shape index (κ1) is 14.6. The van der Waals surface area contributed by atoms with Gasteiger partial charge in [0.2, 0.25) is 0 Å². The number of rotatable bonds is 4. The van der Waals surface area contributed by atoms with Crippen molar-refractivity contribution in [1.82, 2.24) is 0 Å². The monoisotopic (exact) mass is 382 g/mol. The molecule has 0 N–H and O–H groups in total. The Morgan fingerprint density at radius 1 is 1.11 bits per heavy atom. The van der Waals surface area contributed by atoms with E-state index >= 15 is 0 Å². The van der Waals surface area contributed by atoms with E-state index in [-0.39, 0.29) is 0 Å². The van der Waals surface area contributed by atoms with Gasteiger partial charge < -0.3 is 4.74 Å². The third-order valence-electron chi connectivity index (χ3n) is 3.15. The lowest BCUT2D eigenvalue weighted by Gasteiger charge is -2.14. The van der Waals surface area contributed by atoms with Crippen LogP contribution in [0.4, 0.5) is 0 Å². The fraction of sp³-hybridized carbons (Fsp3) is 0.250. The lowest BCUT2D eigenvalue weighted by atomic mass is 10.0. The van der Waals surface area contributed by atoms with Crippen LogP contribution < -0.4 is 4.74 Å². The smallest absolute Gasteiger partial charge is 0.118 e. The molecule has 19 heavy (non-hydrogen) atoms. The summed E-state index contributed by atoms with van der Waals surface area (Å²) in [5.74, 6) is 0.897. The van der Waals surface area contributed by atoms with Crippen LogP contribution in [0.25, 0.3) is 0 Å². The third kappa shape index (κ3) is 3.83. The SMILES string of the molecule is COc1ccc(CC(Br)c2cc(Br)ccc2C)cc1. The molecule has 1 atom stereocenters. The maximum atomic E-state index is 5.18. The summed E-state index contributed by atoms with van der Waals surface area (Å²) >= 11 is 7.32. The Bertz CT molecular complexity index is 549. The molecule has 0 bridgehead atoms. The van der Waals surface area contributed by atoms with E-state index in [1.807, 2.05) is 12.1 Å². The van der Waals surface area contributed by atoms with Crippen molar-refractivity contribution in [1.29, 1.82) is 0 Å². The Hall–Kier alpha value is -0.800. The van der Waals surface area contributed by atoms with Gasteiger partial charge >= 0.3 is 0 Å². The van der Waals surface area contributed by atoms with Gasteiger partial charge in [0.05, 0.1) is 7.11 Å². The fourth-order valence-corrected chi connectivity index (χ4v) is 3.27. The van der Waals surface area contributed by atoms with Crippen LogP contribution in [0.15, 0.2) is 46.9 Å². The maximum absolute atomic E-state index is 5.18. The predicted molar refractivity (Wildman–Crippen MR) is 87.2 cm³/mol. The summed E-state index contributed by atoms with van der Waals surface area (Å²) in [4.78, 5) is 0.318. The molecule has 0 fully saturated rings. The highest BCUT2D eigenvalue weighted by Crippen LogP contribution is 2.31. The minimum atomic E-state index is 0.318. The summed E-state index contributed by atoms with van der Waals surface area (Å²) < 4.78 is 6.29. The molecule has 2 rings (SSSR count). The predicted octanol–water partition coefficient (Wildman–Crippen LogP) is 5.44. The molecule has 0 amide bonds. The van der Waals surface area contributed by atoms with E-state index in [4.69, 9.17) is 4.74 Å². The van der Waals surface area contributed by atoms with Crippen LogP contribution in [0.2, 0.25) is 0 Å². The minimum Gasteiger partial charge on any atom is -0.497 e. The Morgan fingerprint density at radius 2 is 1.79 bits per heavy atom. The van der Waals surface area contributed by atoms with E-state index in [1.165, 1.54) is 16.7 Å². The molecule has 3 heteroatoms. The van der Waals surface area contributed by atoms with E-state index < -0.39 is 0 Å². The van der Waals surface area contributed by atoms with E-state index in [9.17, 15) is 0 Å². The molecule has 0 spiro atoms. The molecular formula is C16H16Br2O. The van der Waals surface area contributed by atoms with Gasteiger partial charge in [-0.2, -0.15) is 0 Å². The zero-order chi connectivity index (χ0) is 13.8. The summed E-state index contributed by atoms with van der Waals surface area (Å²) in [5.41, 5.74) is 3.92. The molecule has 1 unspecified atom stereocenters. The fourth-order valence-electron chi connectivity index (χ4n) is 2.03. The van der Waals surface area contributed by atoms with Gasteiger partial charge in [0, 0.05) is 9.30 Å². The lowest BCUT2D eigenvalue weighted by Crippen LogP contribution is -1.98. The Kier molecular flexibility index (Phi) is 5.06. The summed E-state index contributed by atoms with van der Waals surface area (Å²) in [7, 11) is 1.69. The molecule has 0 aliphatic carbocycles. The lowest BCUT2D eigenvalue weighted by molar-refractivity contribution is 0.414. The second-order valence-electron chi connectivity index (χ2n) is 4.52. The second-order valence-corrected chi connectivity index (χ2v) is 6.54. The molecule has 1 nitrogen and oxygen atoms in total. The van der Waals surface area contributed by atoms with Gasteiger partial charge in [0.1, 0.15) is 5.75 Å². The summed E-state index contributed by atoms with van der Waals surface area (Å²) in [6, 6.07) is 14.6. The van der Waals surface area contributed by atoms with Crippen molar-refractivity contribution in [3.63, 3.8) is 0 Å². The van der Waals surface area contributed by atoms with Crippen LogP contribution in [0.5, 0.6) is 5.75 Å². The van der Waals surface area contributed by atoms with Gasteiger partial charge in [-0.3, -0.25) is 0 Å². The van der Waals surface area contributed by atoms with Crippen molar-refractivity contribution in [2.75, 3.05) is 7.11 Å². The van der Waals surface area contributed by atoms with Gasteiger partial charge in [0.15, 0.2) is 0 Å². The van der Waals surface area contributed by atoms with Gasteiger partial charge in [-0.15, -0.1) is 0 Å². The first-order chi connectivity index (χ1) is 9.10. The number of halogens is 2. The van der Waals surface area contributed by atoms with Crippen molar-refractivity contribution in [2.24, 2.45) is 0 Å². The van der Waals surface area contributed by atoms with E-state index in [2.05, 4.69) is 69.1 Å². The summed E-state index contributed by atoms with van der Waals surface area (Å²) in [6.07, 6.45) is 0.960. The first-order valence-electron chi connectivity index (χ1n) is 6.13. The van der Waals surface area contributed by atoms with E-state index in [1.54, 1.807) is 7.11 Å². The van der Waals surface area contributed by atoms with Gasteiger partial charge in [-0.25, -0.2) is 0 Å². The molecule has 0 aliphatic rings. The van der Waals surface area contributed by atoms with Crippen LogP contribution in [-0.2, 0) is 6.42 Å². The first-order valence-corrected chi connectivity index (χ1v) is 7.84. The number of methoxy groups -OCH3 is 1. The standard InChI is InChI=1S/C16H16Br2O/c1-11-3-6-13(17)10-15(11)16(18)9-12-4-7-14(19-2)8-5-12/h3-8,10,16H,9H2,1-2H3. The second kappa shape index (κ2) is 6.58. The average Bonchev–Trinajstić information content (AvgIpc) is 2.42. The number of aryl methyl sites for hydroxylation is 1. The van der Waals surface area contributed by atoms with Gasteiger partial charge in [0.25, 0.3) is 0 Å². The number of alkyl halides is 1. The quantitative estimate of drug-likeness (QED) is 0.638. The topological polar surface area (TPSA) is 9.23 Å². The molecule has 0 aromatic heterocycles. The number of benzene rings is 2. The van der Waals surface area contributed by atoms with Gasteiger partial charge in [-0.1, -0.05) is 50.1 Å². The minimum absolute atomic E-state index is 0.318. The Balaban J connectivity index is 2.15. The number of hydrogen-bond donors (Lipinski definition) is 0. The molecule has 0 saturated heterocycles. The molecule has 0 saturated carbocycles. The van der Waals surface area contributed by atoms with Crippen LogP contribution >= 0.6 is 31.9 Å². The maximum Gasteiger partial charge on any atom is 0.118 e. The summed E-state index contributed by atoms with van der Waals surface area (Å²) in [5, 5.41) is 0. The Labute approximate surface area is 131 Å². The van der Waals surface area contributed by atoms with Crippen LogP contribution in [0, 0.1) is 6.92 Å². The molecule has 2 aromatic rings. The largest absolute Gasteiger partial charge is 0.497 e. The van der Waals surface area contributed by atoms with Crippen molar-refractivity contribution < 1.29 is 4.74 Å². The molecule has 0 heterocycles. The van der Waals surface area contributed by atoms with Crippen molar-refractivity contribution in [2.45, 2.75) is 18.2 Å². The molecular weight excluding hydrogens is 368 g/mol. The number of ether oxygens (including phenoxy) is 1. The van der Waals surface area contributed by atoms with E-state index in [0.717, 1.165) is 16.6 Å². The zero-order valence-corrected chi connectivity index (χ0v) is 14.2.